The van der Waals surface area contributed by atoms with Crippen molar-refractivity contribution in [3.05, 3.63) is 0 Å². The maximum Gasteiger partial charge on any atom is -0.0533 e. The number of hydrogen-bond donors (Lipinski definition) is 0. The van der Waals surface area contributed by atoms with Gasteiger partial charge in [-0.2, -0.15) is 0 Å². The molecule has 12 heavy (non-hydrogen) atoms. The van der Waals surface area contributed by atoms with Crippen LogP contribution < -0.4 is 0 Å². The highest BCUT2D eigenvalue weighted by atomic mass is 13.9. The van der Waals surface area contributed by atoms with Gasteiger partial charge in [-0.25, -0.2) is 0 Å². The summed E-state index contributed by atoms with van der Waals surface area (Å²) >= 11 is 0. The molecule has 0 radical (unpaired) electrons. The molecule has 0 N–H and O–H groups in total. The fourth-order valence-corrected chi connectivity index (χ4v) is 1.21. The molecule has 0 atom stereocenters. The number of unbranched alkanes of at least 4 members (excludes halogenated alkanes) is 7. The molecule has 0 aromatic carbocycles. The second-order valence-electron chi connectivity index (χ2n) is 3.12. The lowest BCUT2D eigenvalue weighted by molar-refractivity contribution is 0.585. The van der Waals surface area contributed by atoms with E-state index in [9.17, 15) is 0 Å². The zero-order valence-corrected chi connectivity index (χ0v) is 9.66. The Morgan fingerprint density at radius 3 is 1.00 bits per heavy atom. The molecular formula is C12H28. The Balaban J connectivity index is 0. The molecule has 0 unspecified atom stereocenters. The molecule has 0 heterocycles. The quantitative estimate of drug-likeness (QED) is 0.464. The fourth-order valence-electron chi connectivity index (χ4n) is 1.21. The average molecular weight is 172 g/mol. The molecule has 0 aliphatic heterocycles. The first kappa shape index (κ1) is 14.5. The Morgan fingerprint density at radius 2 is 0.750 bits per heavy atom. The summed E-state index contributed by atoms with van der Waals surface area (Å²) in [6.45, 7) is 8.54. The van der Waals surface area contributed by atoms with Gasteiger partial charge < -0.3 is 0 Å². The van der Waals surface area contributed by atoms with E-state index in [2.05, 4.69) is 13.8 Å². The molecule has 0 aliphatic carbocycles. The van der Waals surface area contributed by atoms with Crippen LogP contribution >= 0.6 is 0 Å². The van der Waals surface area contributed by atoms with E-state index < -0.39 is 0 Å². The lowest BCUT2D eigenvalue weighted by Crippen LogP contribution is -1.77. The van der Waals surface area contributed by atoms with Gasteiger partial charge in [0, 0.05) is 0 Å². The second kappa shape index (κ2) is 17.2. The zero-order valence-electron chi connectivity index (χ0n) is 9.66. The third-order valence-corrected chi connectivity index (χ3v) is 1.96. The summed E-state index contributed by atoms with van der Waals surface area (Å²) in [5.74, 6) is 0. The van der Waals surface area contributed by atoms with Gasteiger partial charge in [0.05, 0.1) is 0 Å². The molecule has 0 nitrogen and oxygen atoms in total. The predicted octanol–water partition coefficient (Wildman–Crippen LogP) is 5.17. The summed E-state index contributed by atoms with van der Waals surface area (Å²) in [5, 5.41) is 0. The van der Waals surface area contributed by atoms with E-state index in [0.29, 0.717) is 0 Å². The first-order valence-electron chi connectivity index (χ1n) is 5.91. The van der Waals surface area contributed by atoms with Crippen LogP contribution in [0.15, 0.2) is 0 Å². The molecule has 0 aromatic rings. The van der Waals surface area contributed by atoms with Crippen molar-refractivity contribution in [2.24, 2.45) is 0 Å². The van der Waals surface area contributed by atoms with Crippen LogP contribution in [-0.4, -0.2) is 0 Å². The fraction of sp³-hybridized carbons (Fsp3) is 1.00. The van der Waals surface area contributed by atoms with Crippen LogP contribution in [0.5, 0.6) is 0 Å². The average Bonchev–Trinajstić information content (AvgIpc) is 2.15. The topological polar surface area (TPSA) is 0 Å². The van der Waals surface area contributed by atoms with Crippen molar-refractivity contribution in [2.75, 3.05) is 0 Å². The first-order chi connectivity index (χ1) is 5.91. The highest BCUT2D eigenvalue weighted by Gasteiger charge is 1.87. The van der Waals surface area contributed by atoms with E-state index in [1.165, 1.54) is 51.4 Å². The van der Waals surface area contributed by atoms with E-state index in [0.717, 1.165) is 0 Å². The summed E-state index contributed by atoms with van der Waals surface area (Å²) < 4.78 is 0. The highest BCUT2D eigenvalue weighted by Crippen LogP contribution is 2.07. The number of rotatable bonds is 7. The molecule has 0 saturated heterocycles. The molecule has 0 aliphatic rings. The molecule has 76 valence electrons. The van der Waals surface area contributed by atoms with Crippen molar-refractivity contribution in [3.63, 3.8) is 0 Å². The van der Waals surface area contributed by atoms with Gasteiger partial charge in [0.15, 0.2) is 0 Å². The Labute approximate surface area is 79.8 Å². The van der Waals surface area contributed by atoms with Crippen molar-refractivity contribution in [1.29, 1.82) is 0 Å². The second-order valence-corrected chi connectivity index (χ2v) is 3.12. The molecule has 0 saturated carbocycles. The zero-order chi connectivity index (χ0) is 9.66. The standard InChI is InChI=1S/C10H22.C2H6/c1-3-5-7-9-10-8-6-4-2;1-2/h3-10H2,1-2H3;1-2H3. The molecule has 0 amide bonds. The smallest absolute Gasteiger partial charge is 0.0533 e. The minimum absolute atomic E-state index is 1.37. The van der Waals surface area contributed by atoms with Gasteiger partial charge in [-0.15, -0.1) is 0 Å². The Kier molecular flexibility index (Phi) is 20.8. The number of hydrogen-bond acceptors (Lipinski definition) is 0. The van der Waals surface area contributed by atoms with Crippen molar-refractivity contribution < 1.29 is 0 Å². The molecule has 0 spiro atoms. The molecule has 0 aromatic heterocycles. The maximum absolute atomic E-state index is 2.27. The van der Waals surface area contributed by atoms with E-state index in [-0.39, 0.29) is 0 Å². The van der Waals surface area contributed by atoms with E-state index in [1.807, 2.05) is 13.8 Å². The summed E-state index contributed by atoms with van der Waals surface area (Å²) in [6.07, 6.45) is 11.5. The largest absolute Gasteiger partial charge is 0.0683 e. The Bertz CT molecular complexity index is 40.0. The van der Waals surface area contributed by atoms with Crippen LogP contribution in [0.2, 0.25) is 0 Å². The lowest BCUT2D eigenvalue weighted by Gasteiger charge is -1.97. The molecular weight excluding hydrogens is 144 g/mol. The first-order valence-corrected chi connectivity index (χ1v) is 5.91. The van der Waals surface area contributed by atoms with Crippen molar-refractivity contribution in [3.8, 4) is 0 Å². The van der Waals surface area contributed by atoms with E-state index in [4.69, 9.17) is 0 Å². The Hall–Kier alpha value is 0. The van der Waals surface area contributed by atoms with Gasteiger partial charge in [0.1, 0.15) is 0 Å². The van der Waals surface area contributed by atoms with Crippen molar-refractivity contribution >= 4 is 0 Å². The molecule has 0 rings (SSSR count). The van der Waals surface area contributed by atoms with Crippen LogP contribution in [0.4, 0.5) is 0 Å². The van der Waals surface area contributed by atoms with Gasteiger partial charge in [0.25, 0.3) is 0 Å². The predicted molar refractivity (Wildman–Crippen MR) is 59.6 cm³/mol. The monoisotopic (exact) mass is 172 g/mol. The summed E-state index contributed by atoms with van der Waals surface area (Å²) in [4.78, 5) is 0. The highest BCUT2D eigenvalue weighted by molar-refractivity contribution is 4.43. The van der Waals surface area contributed by atoms with Gasteiger partial charge >= 0.3 is 0 Å². The van der Waals surface area contributed by atoms with Gasteiger partial charge in [-0.05, 0) is 0 Å². The maximum atomic E-state index is 2.27. The van der Waals surface area contributed by atoms with Crippen LogP contribution in [0.25, 0.3) is 0 Å². The van der Waals surface area contributed by atoms with Crippen molar-refractivity contribution in [2.45, 2.75) is 79.1 Å². The SMILES string of the molecule is CC.CCCCCCCCCC. The Morgan fingerprint density at radius 1 is 0.500 bits per heavy atom. The molecule has 0 bridgehead atoms. The van der Waals surface area contributed by atoms with Gasteiger partial charge in [0.2, 0.25) is 0 Å². The van der Waals surface area contributed by atoms with Gasteiger partial charge in [-0.3, -0.25) is 0 Å². The van der Waals surface area contributed by atoms with Crippen LogP contribution in [0, 0.1) is 0 Å². The lowest BCUT2D eigenvalue weighted by atomic mass is 10.1. The summed E-state index contributed by atoms with van der Waals surface area (Å²) in [7, 11) is 0. The van der Waals surface area contributed by atoms with E-state index >= 15 is 0 Å². The third-order valence-electron chi connectivity index (χ3n) is 1.96. The van der Waals surface area contributed by atoms with Gasteiger partial charge in [-0.1, -0.05) is 79.1 Å². The summed E-state index contributed by atoms with van der Waals surface area (Å²) in [5.41, 5.74) is 0. The molecule has 0 fully saturated rings. The van der Waals surface area contributed by atoms with Crippen LogP contribution in [-0.2, 0) is 0 Å². The van der Waals surface area contributed by atoms with Crippen LogP contribution in [0.3, 0.4) is 0 Å². The normalized spacial score (nSPS) is 9.00. The minimum atomic E-state index is 1.37. The molecule has 0 heteroatoms. The summed E-state index contributed by atoms with van der Waals surface area (Å²) in [6, 6.07) is 0. The van der Waals surface area contributed by atoms with Crippen molar-refractivity contribution in [1.82, 2.24) is 0 Å². The van der Waals surface area contributed by atoms with Crippen LogP contribution in [0.1, 0.15) is 79.1 Å². The third kappa shape index (κ3) is 16.5. The van der Waals surface area contributed by atoms with E-state index in [1.54, 1.807) is 0 Å². The minimum Gasteiger partial charge on any atom is -0.0683 e.